The first-order valence-corrected chi connectivity index (χ1v) is 10.3. The number of rotatable bonds is 5. The molecule has 3 N–H and O–H groups in total. The molecule has 1 aliphatic carbocycles. The first kappa shape index (κ1) is 19.5. The molecule has 6 heteroatoms. The van der Waals surface area contributed by atoms with Crippen molar-refractivity contribution in [1.29, 1.82) is 0 Å². The maximum atomic E-state index is 12.4. The summed E-state index contributed by atoms with van der Waals surface area (Å²) in [7, 11) is 0. The van der Waals surface area contributed by atoms with E-state index in [0.717, 1.165) is 42.3 Å². The van der Waals surface area contributed by atoms with Crippen LogP contribution in [-0.2, 0) is 4.79 Å². The molecule has 0 radical (unpaired) electrons. The monoisotopic (exact) mass is 409 g/mol. The van der Waals surface area contributed by atoms with E-state index in [-0.39, 0.29) is 12.0 Å². The molecular weight excluding hydrogens is 386 g/mol. The second-order valence-electron chi connectivity index (χ2n) is 7.57. The van der Waals surface area contributed by atoms with Crippen molar-refractivity contribution in [2.75, 3.05) is 11.1 Å². The van der Waals surface area contributed by atoms with Gasteiger partial charge in [0.15, 0.2) is 0 Å². The Kier molecular flexibility index (Phi) is 5.86. The molecule has 2 aromatic carbocycles. The second-order valence-corrected chi connectivity index (χ2v) is 8.01. The largest absolute Gasteiger partial charge is 0.490 e. The maximum Gasteiger partial charge on any atom is 0.224 e. The van der Waals surface area contributed by atoms with E-state index in [1.165, 1.54) is 0 Å². The number of pyridine rings is 1. The Balaban J connectivity index is 1.29. The molecule has 0 unspecified atom stereocenters. The number of halogens is 1. The zero-order valence-corrected chi connectivity index (χ0v) is 16.9. The highest BCUT2D eigenvalue weighted by Crippen LogP contribution is 2.32. The number of nitrogens with zero attached hydrogens (tertiary/aromatic N) is 1. The number of anilines is 2. The van der Waals surface area contributed by atoms with Crippen LogP contribution in [0.25, 0.3) is 10.9 Å². The molecular formula is C23H24ClN3O2. The van der Waals surface area contributed by atoms with E-state index < -0.39 is 0 Å². The van der Waals surface area contributed by atoms with Crippen LogP contribution in [0.3, 0.4) is 0 Å². The maximum absolute atomic E-state index is 12.4. The van der Waals surface area contributed by atoms with Crippen LogP contribution >= 0.6 is 11.6 Å². The summed E-state index contributed by atoms with van der Waals surface area (Å²) in [4.78, 5) is 16.8. The highest BCUT2D eigenvalue weighted by molar-refractivity contribution is 6.31. The minimum Gasteiger partial charge on any atom is -0.490 e. The quantitative estimate of drug-likeness (QED) is 0.550. The summed E-state index contributed by atoms with van der Waals surface area (Å²) in [5, 5.41) is 4.49. The van der Waals surface area contributed by atoms with Crippen LogP contribution in [0.15, 0.2) is 54.7 Å². The second kappa shape index (κ2) is 8.70. The zero-order chi connectivity index (χ0) is 20.2. The van der Waals surface area contributed by atoms with Crippen molar-refractivity contribution in [3.8, 4) is 5.75 Å². The number of hydrogen-bond donors (Lipinski definition) is 2. The lowest BCUT2D eigenvalue weighted by atomic mass is 9.85. The normalized spacial score (nSPS) is 19.1. The van der Waals surface area contributed by atoms with Crippen LogP contribution in [0.4, 0.5) is 11.4 Å². The molecule has 0 saturated heterocycles. The fourth-order valence-electron chi connectivity index (χ4n) is 3.92. The summed E-state index contributed by atoms with van der Waals surface area (Å²) in [6.07, 6.45) is 6.28. The molecule has 1 amide bonds. The Bertz CT molecular complexity index is 1010. The third kappa shape index (κ3) is 4.80. The zero-order valence-electron chi connectivity index (χ0n) is 16.1. The highest BCUT2D eigenvalue weighted by atomic mass is 35.5. The summed E-state index contributed by atoms with van der Waals surface area (Å²) in [6.45, 7) is 0. The number of nitrogens with two attached hydrogens (primary N) is 1. The summed E-state index contributed by atoms with van der Waals surface area (Å²) >= 11 is 5.90. The van der Waals surface area contributed by atoms with Crippen LogP contribution in [0.5, 0.6) is 5.75 Å². The first-order chi connectivity index (χ1) is 14.1. The number of ether oxygens (including phenoxy) is 1. The molecule has 5 nitrogen and oxygen atoms in total. The topological polar surface area (TPSA) is 77.2 Å². The smallest absolute Gasteiger partial charge is 0.224 e. The van der Waals surface area contributed by atoms with Crippen LogP contribution in [0.1, 0.15) is 32.1 Å². The molecule has 3 aromatic rings. The van der Waals surface area contributed by atoms with E-state index in [2.05, 4.69) is 10.3 Å². The SMILES string of the molecule is Nc1cc(Cl)ccc1NC(=O)CC1CCC(Oc2ccnc3ccccc23)CC1. The minimum atomic E-state index is -0.0106. The summed E-state index contributed by atoms with van der Waals surface area (Å²) in [5.74, 6) is 1.23. The molecule has 1 aliphatic rings. The van der Waals surface area contributed by atoms with Crippen LogP contribution < -0.4 is 15.8 Å². The fraction of sp³-hybridized carbons (Fsp3) is 0.304. The Hall–Kier alpha value is -2.79. The molecule has 0 spiro atoms. The highest BCUT2D eigenvalue weighted by Gasteiger charge is 2.25. The number of para-hydroxylation sites is 1. The van der Waals surface area contributed by atoms with Gasteiger partial charge in [-0.3, -0.25) is 9.78 Å². The van der Waals surface area contributed by atoms with Crippen LogP contribution in [0, 0.1) is 5.92 Å². The van der Waals surface area contributed by atoms with E-state index >= 15 is 0 Å². The third-order valence-corrected chi connectivity index (χ3v) is 5.69. The van der Waals surface area contributed by atoms with Crippen molar-refractivity contribution >= 4 is 39.8 Å². The number of nitrogen functional groups attached to an aromatic ring is 1. The standard InChI is InChI=1S/C23H24ClN3O2/c24-16-7-10-21(19(25)14-16)27-23(28)13-15-5-8-17(9-6-15)29-22-11-12-26-20-4-2-1-3-18(20)22/h1-4,7,10-12,14-15,17H,5-6,8-9,13,25H2,(H,27,28). The predicted octanol–water partition coefficient (Wildman–Crippen LogP) is 5.44. The first-order valence-electron chi connectivity index (χ1n) is 9.94. The molecule has 1 heterocycles. The van der Waals surface area contributed by atoms with Crippen molar-refractivity contribution in [2.45, 2.75) is 38.2 Å². The third-order valence-electron chi connectivity index (χ3n) is 5.46. The summed E-state index contributed by atoms with van der Waals surface area (Å²) < 4.78 is 6.27. The van der Waals surface area contributed by atoms with E-state index in [9.17, 15) is 4.79 Å². The molecule has 1 saturated carbocycles. The van der Waals surface area contributed by atoms with Gasteiger partial charge in [0.25, 0.3) is 0 Å². The van der Waals surface area contributed by atoms with Crippen molar-refractivity contribution in [2.24, 2.45) is 5.92 Å². The lowest BCUT2D eigenvalue weighted by Gasteiger charge is -2.29. The Morgan fingerprint density at radius 3 is 2.72 bits per heavy atom. The minimum absolute atomic E-state index is 0.0106. The molecule has 0 bridgehead atoms. The van der Waals surface area contributed by atoms with Gasteiger partial charge >= 0.3 is 0 Å². The number of fused-ring (bicyclic) bond motifs is 1. The van der Waals surface area contributed by atoms with E-state index in [0.29, 0.717) is 28.7 Å². The Morgan fingerprint density at radius 2 is 1.93 bits per heavy atom. The van der Waals surface area contributed by atoms with Crippen LogP contribution in [0.2, 0.25) is 5.02 Å². The number of benzene rings is 2. The molecule has 0 aliphatic heterocycles. The van der Waals surface area contributed by atoms with Gasteiger partial charge in [0.1, 0.15) is 5.75 Å². The number of nitrogens with one attached hydrogen (secondary N) is 1. The van der Waals surface area contributed by atoms with Gasteiger partial charge in [0.2, 0.25) is 5.91 Å². The summed E-state index contributed by atoms with van der Waals surface area (Å²) in [5.41, 5.74) is 7.95. The van der Waals surface area contributed by atoms with Crippen molar-refractivity contribution < 1.29 is 9.53 Å². The molecule has 1 aromatic heterocycles. The van der Waals surface area contributed by atoms with Gasteiger partial charge in [-0.05, 0) is 68.0 Å². The molecule has 29 heavy (non-hydrogen) atoms. The number of hydrogen-bond acceptors (Lipinski definition) is 4. The molecule has 1 fully saturated rings. The summed E-state index contributed by atoms with van der Waals surface area (Å²) in [6, 6.07) is 15.0. The van der Waals surface area contributed by atoms with Gasteiger partial charge in [-0.25, -0.2) is 0 Å². The van der Waals surface area contributed by atoms with Crippen molar-refractivity contribution in [3.05, 3.63) is 59.8 Å². The average molecular weight is 410 g/mol. The molecule has 0 atom stereocenters. The van der Waals surface area contributed by atoms with Gasteiger partial charge in [-0.15, -0.1) is 0 Å². The van der Waals surface area contributed by atoms with E-state index in [1.807, 2.05) is 30.3 Å². The van der Waals surface area contributed by atoms with Crippen molar-refractivity contribution in [3.63, 3.8) is 0 Å². The van der Waals surface area contributed by atoms with Crippen LogP contribution in [-0.4, -0.2) is 17.0 Å². The fourth-order valence-corrected chi connectivity index (χ4v) is 4.10. The number of carbonyl (C=O) groups is 1. The molecule has 4 rings (SSSR count). The number of amides is 1. The molecule has 150 valence electrons. The lowest BCUT2D eigenvalue weighted by Crippen LogP contribution is -2.26. The number of carbonyl (C=O) groups excluding carboxylic acids is 1. The lowest BCUT2D eigenvalue weighted by molar-refractivity contribution is -0.117. The van der Waals surface area contributed by atoms with E-state index in [1.54, 1.807) is 24.4 Å². The average Bonchev–Trinajstić information content (AvgIpc) is 2.72. The van der Waals surface area contributed by atoms with Gasteiger partial charge in [0.05, 0.1) is 23.0 Å². The predicted molar refractivity (Wildman–Crippen MR) is 117 cm³/mol. The van der Waals surface area contributed by atoms with Crippen molar-refractivity contribution in [1.82, 2.24) is 4.98 Å². The Morgan fingerprint density at radius 1 is 1.14 bits per heavy atom. The van der Waals surface area contributed by atoms with Gasteiger partial charge in [0, 0.05) is 23.0 Å². The van der Waals surface area contributed by atoms with Gasteiger partial charge in [-0.1, -0.05) is 23.7 Å². The number of aromatic nitrogens is 1. The van der Waals surface area contributed by atoms with Gasteiger partial charge < -0.3 is 15.8 Å². The van der Waals surface area contributed by atoms with E-state index in [4.69, 9.17) is 22.1 Å². The Labute approximate surface area is 175 Å². The van der Waals surface area contributed by atoms with Gasteiger partial charge in [-0.2, -0.15) is 0 Å².